The molecule has 4 nitrogen and oxygen atoms in total. The van der Waals surface area contributed by atoms with E-state index < -0.39 is 5.97 Å². The average molecular weight is 141 g/mol. The van der Waals surface area contributed by atoms with Crippen molar-refractivity contribution in [2.24, 2.45) is 0 Å². The fraction of sp³-hybridized carbons (Fsp3) is 0.333. The van der Waals surface area contributed by atoms with Gasteiger partial charge in [0.1, 0.15) is 6.26 Å². The first-order valence-corrected chi connectivity index (χ1v) is 2.81. The van der Waals surface area contributed by atoms with Gasteiger partial charge in [0.2, 0.25) is 0 Å². The predicted molar refractivity (Wildman–Crippen MR) is 32.6 cm³/mol. The minimum Gasteiger partial charge on any atom is -0.481 e. The molecule has 0 saturated carbocycles. The summed E-state index contributed by atoms with van der Waals surface area (Å²) in [6.07, 6.45) is 1.28. The lowest BCUT2D eigenvalue weighted by Gasteiger charge is -1.83. The van der Waals surface area contributed by atoms with Gasteiger partial charge in [0.25, 0.3) is 0 Å². The van der Waals surface area contributed by atoms with E-state index in [-0.39, 0.29) is 6.42 Å². The van der Waals surface area contributed by atoms with Gasteiger partial charge in [-0.15, -0.1) is 0 Å². The molecule has 1 aromatic rings. The Morgan fingerprint density at radius 1 is 1.90 bits per heavy atom. The third-order valence-electron chi connectivity index (χ3n) is 0.999. The van der Waals surface area contributed by atoms with Crippen molar-refractivity contribution < 1.29 is 14.3 Å². The zero-order chi connectivity index (χ0) is 7.56. The van der Waals surface area contributed by atoms with Crippen molar-refractivity contribution in [3.05, 3.63) is 17.8 Å². The SMILES string of the molecule is Cc1nc(CC(=O)O)co1. The summed E-state index contributed by atoms with van der Waals surface area (Å²) < 4.78 is 4.79. The minimum absolute atomic E-state index is 0.0721. The van der Waals surface area contributed by atoms with Crippen molar-refractivity contribution in [1.82, 2.24) is 4.98 Å². The van der Waals surface area contributed by atoms with Crippen LogP contribution in [0.4, 0.5) is 0 Å². The Labute approximate surface area is 57.5 Å². The average Bonchev–Trinajstić information content (AvgIpc) is 2.13. The van der Waals surface area contributed by atoms with Crippen LogP contribution in [0.2, 0.25) is 0 Å². The third-order valence-corrected chi connectivity index (χ3v) is 0.999. The van der Waals surface area contributed by atoms with E-state index >= 15 is 0 Å². The molecule has 0 fully saturated rings. The van der Waals surface area contributed by atoms with Gasteiger partial charge in [-0.2, -0.15) is 0 Å². The molecule has 1 N–H and O–H groups in total. The van der Waals surface area contributed by atoms with Crippen LogP contribution in [-0.4, -0.2) is 16.1 Å². The molecule has 0 aromatic carbocycles. The van der Waals surface area contributed by atoms with Crippen LogP contribution in [0, 0.1) is 6.92 Å². The summed E-state index contributed by atoms with van der Waals surface area (Å²) in [5.41, 5.74) is 0.463. The van der Waals surface area contributed by atoms with Crippen molar-refractivity contribution in [3.63, 3.8) is 0 Å². The van der Waals surface area contributed by atoms with E-state index in [2.05, 4.69) is 4.98 Å². The summed E-state index contributed by atoms with van der Waals surface area (Å²) >= 11 is 0. The van der Waals surface area contributed by atoms with E-state index in [0.29, 0.717) is 11.6 Å². The van der Waals surface area contributed by atoms with Crippen molar-refractivity contribution >= 4 is 5.97 Å². The number of aryl methyl sites for hydroxylation is 1. The van der Waals surface area contributed by atoms with Crippen LogP contribution in [0.25, 0.3) is 0 Å². The van der Waals surface area contributed by atoms with Gasteiger partial charge in [-0.05, 0) is 0 Å². The molecule has 1 aromatic heterocycles. The number of carboxylic acids is 1. The molecule has 0 aliphatic heterocycles. The van der Waals surface area contributed by atoms with Gasteiger partial charge >= 0.3 is 5.97 Å². The normalized spacial score (nSPS) is 9.70. The van der Waals surface area contributed by atoms with E-state index in [0.717, 1.165) is 0 Å². The van der Waals surface area contributed by atoms with Gasteiger partial charge in [0, 0.05) is 6.92 Å². The van der Waals surface area contributed by atoms with Crippen LogP contribution < -0.4 is 0 Å². The van der Waals surface area contributed by atoms with Crippen molar-refractivity contribution in [3.8, 4) is 0 Å². The Balaban J connectivity index is 2.67. The van der Waals surface area contributed by atoms with Crippen LogP contribution >= 0.6 is 0 Å². The quantitative estimate of drug-likeness (QED) is 0.655. The fourth-order valence-corrected chi connectivity index (χ4v) is 0.644. The van der Waals surface area contributed by atoms with E-state index in [1.807, 2.05) is 0 Å². The molecule has 0 aliphatic rings. The van der Waals surface area contributed by atoms with E-state index in [4.69, 9.17) is 9.52 Å². The molecule has 4 heteroatoms. The van der Waals surface area contributed by atoms with Crippen LogP contribution in [0.1, 0.15) is 11.6 Å². The molecule has 0 amide bonds. The largest absolute Gasteiger partial charge is 0.481 e. The van der Waals surface area contributed by atoms with Gasteiger partial charge in [-0.1, -0.05) is 0 Å². The van der Waals surface area contributed by atoms with E-state index in [9.17, 15) is 4.79 Å². The van der Waals surface area contributed by atoms with Gasteiger partial charge in [0.15, 0.2) is 5.89 Å². The highest BCUT2D eigenvalue weighted by atomic mass is 16.4. The molecule has 0 unspecified atom stereocenters. The summed E-state index contributed by atoms with van der Waals surface area (Å²) in [4.78, 5) is 13.9. The molecule has 54 valence electrons. The Hall–Kier alpha value is -1.32. The summed E-state index contributed by atoms with van der Waals surface area (Å²) in [6.45, 7) is 1.67. The molecule has 10 heavy (non-hydrogen) atoms. The van der Waals surface area contributed by atoms with Crippen LogP contribution in [0.5, 0.6) is 0 Å². The first-order chi connectivity index (χ1) is 4.68. The molecular weight excluding hydrogens is 134 g/mol. The third kappa shape index (κ3) is 1.58. The number of carboxylic acid groups (broad SMARTS) is 1. The highest BCUT2D eigenvalue weighted by Gasteiger charge is 2.03. The molecule has 0 atom stereocenters. The standard InChI is InChI=1S/C6H7NO3/c1-4-7-5(3-10-4)2-6(8)9/h3H,2H2,1H3,(H,8,9). The zero-order valence-corrected chi connectivity index (χ0v) is 5.50. The van der Waals surface area contributed by atoms with Crippen LogP contribution in [-0.2, 0) is 11.2 Å². The molecule has 1 rings (SSSR count). The maximum Gasteiger partial charge on any atom is 0.309 e. The van der Waals surface area contributed by atoms with E-state index in [1.165, 1.54) is 6.26 Å². The van der Waals surface area contributed by atoms with Crippen LogP contribution in [0.3, 0.4) is 0 Å². The van der Waals surface area contributed by atoms with Gasteiger partial charge < -0.3 is 9.52 Å². The summed E-state index contributed by atoms with van der Waals surface area (Å²) in [5.74, 6) is -0.399. The zero-order valence-electron chi connectivity index (χ0n) is 5.50. The Bertz CT molecular complexity index is 241. The Morgan fingerprint density at radius 2 is 2.60 bits per heavy atom. The molecule has 0 saturated heterocycles. The van der Waals surface area contributed by atoms with Crippen LogP contribution in [0.15, 0.2) is 10.7 Å². The highest BCUT2D eigenvalue weighted by Crippen LogP contribution is 2.00. The van der Waals surface area contributed by atoms with Crippen molar-refractivity contribution in [1.29, 1.82) is 0 Å². The maximum atomic E-state index is 10.1. The Kier molecular flexibility index (Phi) is 1.71. The molecule has 0 spiro atoms. The number of oxazole rings is 1. The van der Waals surface area contributed by atoms with Gasteiger partial charge in [-0.3, -0.25) is 4.79 Å². The number of carbonyl (C=O) groups is 1. The summed E-state index contributed by atoms with van der Waals surface area (Å²) in [7, 11) is 0. The fourth-order valence-electron chi connectivity index (χ4n) is 0.644. The number of hydrogen-bond acceptors (Lipinski definition) is 3. The maximum absolute atomic E-state index is 10.1. The van der Waals surface area contributed by atoms with Crippen molar-refractivity contribution in [2.75, 3.05) is 0 Å². The Morgan fingerprint density at radius 3 is 3.00 bits per heavy atom. The van der Waals surface area contributed by atoms with Crippen molar-refractivity contribution in [2.45, 2.75) is 13.3 Å². The smallest absolute Gasteiger partial charge is 0.309 e. The second-order valence-corrected chi connectivity index (χ2v) is 1.93. The molecule has 0 bridgehead atoms. The van der Waals surface area contributed by atoms with Gasteiger partial charge in [0.05, 0.1) is 12.1 Å². The lowest BCUT2D eigenvalue weighted by atomic mass is 10.3. The molecule has 0 aliphatic carbocycles. The number of rotatable bonds is 2. The topological polar surface area (TPSA) is 63.3 Å². The summed E-state index contributed by atoms with van der Waals surface area (Å²) in [6, 6.07) is 0. The lowest BCUT2D eigenvalue weighted by Crippen LogP contribution is -1.99. The summed E-state index contributed by atoms with van der Waals surface area (Å²) in [5, 5.41) is 8.29. The first-order valence-electron chi connectivity index (χ1n) is 2.81. The first kappa shape index (κ1) is 6.80. The second-order valence-electron chi connectivity index (χ2n) is 1.93. The lowest BCUT2D eigenvalue weighted by molar-refractivity contribution is -0.136. The van der Waals surface area contributed by atoms with Gasteiger partial charge in [-0.25, -0.2) is 4.98 Å². The molecule has 0 radical (unpaired) electrons. The van der Waals surface area contributed by atoms with E-state index in [1.54, 1.807) is 6.92 Å². The number of aliphatic carboxylic acids is 1. The second kappa shape index (κ2) is 2.51. The monoisotopic (exact) mass is 141 g/mol. The highest BCUT2D eigenvalue weighted by molar-refractivity contribution is 5.69. The molecular formula is C6H7NO3. The number of hydrogen-bond donors (Lipinski definition) is 1. The predicted octanol–water partition coefficient (Wildman–Crippen LogP) is 0.610. The number of nitrogens with zero attached hydrogens (tertiary/aromatic N) is 1. The molecule has 1 heterocycles. The number of aromatic nitrogens is 1. The minimum atomic E-state index is -0.895.